The Balaban J connectivity index is 1.96. The zero-order chi connectivity index (χ0) is 12.3. The van der Waals surface area contributed by atoms with Crippen LogP contribution in [0.4, 0.5) is 0 Å². The van der Waals surface area contributed by atoms with Gasteiger partial charge in [-0.2, -0.15) is 23.5 Å². The molecule has 1 aliphatic rings. The highest BCUT2D eigenvalue weighted by molar-refractivity contribution is 8.06. The van der Waals surface area contributed by atoms with Crippen LogP contribution in [0.15, 0.2) is 18.2 Å². The lowest BCUT2D eigenvalue weighted by molar-refractivity contribution is 0.177. The van der Waals surface area contributed by atoms with Gasteiger partial charge in [-0.3, -0.25) is 0 Å². The van der Waals surface area contributed by atoms with E-state index in [0.717, 1.165) is 17.1 Å². The third-order valence-electron chi connectivity index (χ3n) is 2.70. The van der Waals surface area contributed by atoms with E-state index in [1.165, 1.54) is 5.75 Å². The van der Waals surface area contributed by atoms with Crippen molar-refractivity contribution in [1.29, 1.82) is 0 Å². The molecule has 1 aromatic carbocycles. The number of rotatable bonds is 3. The summed E-state index contributed by atoms with van der Waals surface area (Å²) in [5, 5.41) is 11.6. The van der Waals surface area contributed by atoms with Crippen LogP contribution in [0.3, 0.4) is 0 Å². The van der Waals surface area contributed by atoms with E-state index >= 15 is 0 Å². The van der Waals surface area contributed by atoms with Gasteiger partial charge in [-0.25, -0.2) is 0 Å². The lowest BCUT2D eigenvalue weighted by Crippen LogP contribution is -2.30. The maximum absolute atomic E-state index is 10.2. The summed E-state index contributed by atoms with van der Waals surface area (Å²) >= 11 is 15.6. The second-order valence-electron chi connectivity index (χ2n) is 4.00. The molecular weight excluding hydrogens is 295 g/mol. The molecule has 0 radical (unpaired) electrons. The van der Waals surface area contributed by atoms with Crippen molar-refractivity contribution in [3.8, 4) is 0 Å². The van der Waals surface area contributed by atoms with E-state index in [0.29, 0.717) is 21.7 Å². The van der Waals surface area contributed by atoms with Crippen LogP contribution in [-0.2, 0) is 6.42 Å². The van der Waals surface area contributed by atoms with Gasteiger partial charge in [-0.05, 0) is 24.1 Å². The van der Waals surface area contributed by atoms with Crippen LogP contribution >= 0.6 is 46.7 Å². The van der Waals surface area contributed by atoms with Crippen LogP contribution in [-0.4, -0.2) is 33.7 Å². The van der Waals surface area contributed by atoms with Crippen LogP contribution in [0.5, 0.6) is 0 Å². The highest BCUT2D eigenvalue weighted by atomic mass is 35.5. The third-order valence-corrected chi connectivity index (χ3v) is 6.34. The zero-order valence-electron chi connectivity index (χ0n) is 9.23. The minimum Gasteiger partial charge on any atom is -0.392 e. The average molecular weight is 309 g/mol. The molecule has 1 N–H and O–H groups in total. The maximum Gasteiger partial charge on any atom is 0.0707 e. The highest BCUT2D eigenvalue weighted by Gasteiger charge is 2.22. The van der Waals surface area contributed by atoms with Crippen LogP contribution in [0, 0.1) is 0 Å². The monoisotopic (exact) mass is 308 g/mol. The van der Waals surface area contributed by atoms with E-state index in [1.54, 1.807) is 6.07 Å². The molecule has 0 aliphatic carbocycles. The smallest absolute Gasteiger partial charge is 0.0707 e. The van der Waals surface area contributed by atoms with Crippen LogP contribution in [0.1, 0.15) is 5.56 Å². The lowest BCUT2D eigenvalue weighted by Gasteiger charge is -2.25. The second kappa shape index (κ2) is 6.58. The van der Waals surface area contributed by atoms with Crippen molar-refractivity contribution < 1.29 is 5.11 Å². The Morgan fingerprint density at radius 2 is 2.12 bits per heavy atom. The summed E-state index contributed by atoms with van der Waals surface area (Å²) < 4.78 is 0. The molecule has 1 nitrogen and oxygen atoms in total. The molecule has 1 aromatic rings. The molecule has 0 spiro atoms. The number of benzene rings is 1. The topological polar surface area (TPSA) is 20.2 Å². The second-order valence-corrected chi connectivity index (χ2v) is 7.32. The predicted octanol–water partition coefficient (Wildman–Crippen LogP) is 3.75. The Labute approximate surface area is 120 Å². The van der Waals surface area contributed by atoms with Gasteiger partial charge < -0.3 is 5.11 Å². The van der Waals surface area contributed by atoms with Crippen molar-refractivity contribution >= 4 is 46.7 Å². The molecule has 0 aromatic heterocycles. The van der Waals surface area contributed by atoms with Gasteiger partial charge in [0.05, 0.1) is 16.1 Å². The summed E-state index contributed by atoms with van der Waals surface area (Å²) in [6.45, 7) is 0. The fraction of sp³-hybridized carbons (Fsp3) is 0.500. The number of aliphatic hydroxyl groups is 1. The molecule has 1 heterocycles. The lowest BCUT2D eigenvalue weighted by atomic mass is 10.1. The fourth-order valence-corrected chi connectivity index (χ4v) is 4.86. The van der Waals surface area contributed by atoms with Gasteiger partial charge in [0.1, 0.15) is 0 Å². The third kappa shape index (κ3) is 3.97. The fourth-order valence-electron chi connectivity index (χ4n) is 1.77. The standard InChI is InChI=1S/C12H14Cl2OS2/c13-9-2-1-8(5-10(9)14)6-11(15)12-7-16-3-4-17-12/h1-2,5,11-12,15H,3-4,6-7H2. The van der Waals surface area contributed by atoms with E-state index in [-0.39, 0.29) is 6.10 Å². The summed E-state index contributed by atoms with van der Waals surface area (Å²) in [4.78, 5) is 0. The molecule has 0 saturated carbocycles. The van der Waals surface area contributed by atoms with Gasteiger partial charge in [0.2, 0.25) is 0 Å². The molecule has 1 saturated heterocycles. The molecule has 2 rings (SSSR count). The van der Waals surface area contributed by atoms with E-state index in [4.69, 9.17) is 23.2 Å². The van der Waals surface area contributed by atoms with Crippen molar-refractivity contribution in [3.05, 3.63) is 33.8 Å². The molecule has 1 fully saturated rings. The first-order valence-electron chi connectivity index (χ1n) is 5.48. The summed E-state index contributed by atoms with van der Waals surface area (Å²) in [6.07, 6.45) is 0.347. The molecule has 17 heavy (non-hydrogen) atoms. The summed E-state index contributed by atoms with van der Waals surface area (Å²) in [5.41, 5.74) is 1.04. The van der Waals surface area contributed by atoms with Crippen LogP contribution in [0.2, 0.25) is 10.0 Å². The molecule has 2 atom stereocenters. The van der Waals surface area contributed by atoms with E-state index in [1.807, 2.05) is 35.7 Å². The normalized spacial score (nSPS) is 22.4. The van der Waals surface area contributed by atoms with Gasteiger partial charge in [0.15, 0.2) is 0 Å². The van der Waals surface area contributed by atoms with Gasteiger partial charge in [-0.1, -0.05) is 29.3 Å². The van der Waals surface area contributed by atoms with Crippen molar-refractivity contribution in [2.75, 3.05) is 17.3 Å². The summed E-state index contributed by atoms with van der Waals surface area (Å²) in [6, 6.07) is 5.56. The highest BCUT2D eigenvalue weighted by Crippen LogP contribution is 2.29. The van der Waals surface area contributed by atoms with Crippen molar-refractivity contribution in [2.45, 2.75) is 17.8 Å². The molecule has 1 aliphatic heterocycles. The van der Waals surface area contributed by atoms with Crippen molar-refractivity contribution in [3.63, 3.8) is 0 Å². The quantitative estimate of drug-likeness (QED) is 0.918. The average Bonchev–Trinajstić information content (AvgIpc) is 2.35. The largest absolute Gasteiger partial charge is 0.392 e. The Morgan fingerprint density at radius 1 is 1.29 bits per heavy atom. The number of thioether (sulfide) groups is 2. The molecular formula is C12H14Cl2OS2. The zero-order valence-corrected chi connectivity index (χ0v) is 12.4. The summed E-state index contributed by atoms with van der Waals surface area (Å²) in [5.74, 6) is 3.36. The van der Waals surface area contributed by atoms with E-state index in [2.05, 4.69) is 0 Å². The minimum atomic E-state index is -0.301. The minimum absolute atomic E-state index is 0.301. The van der Waals surface area contributed by atoms with Crippen LogP contribution < -0.4 is 0 Å². The molecule has 0 bridgehead atoms. The SMILES string of the molecule is OC(Cc1ccc(Cl)c(Cl)c1)C1CSCCS1. The Bertz CT molecular complexity index is 381. The van der Waals surface area contributed by atoms with E-state index in [9.17, 15) is 5.11 Å². The Hall–Kier alpha value is 0.460. The Morgan fingerprint density at radius 3 is 2.76 bits per heavy atom. The van der Waals surface area contributed by atoms with Crippen molar-refractivity contribution in [2.24, 2.45) is 0 Å². The van der Waals surface area contributed by atoms with Gasteiger partial charge in [-0.15, -0.1) is 0 Å². The first-order valence-corrected chi connectivity index (χ1v) is 8.44. The van der Waals surface area contributed by atoms with E-state index < -0.39 is 0 Å². The number of halogens is 2. The first kappa shape index (κ1) is 13.9. The molecule has 5 heteroatoms. The summed E-state index contributed by atoms with van der Waals surface area (Å²) in [7, 11) is 0. The number of hydrogen-bond donors (Lipinski definition) is 1. The predicted molar refractivity (Wildman–Crippen MR) is 79.7 cm³/mol. The van der Waals surface area contributed by atoms with Crippen molar-refractivity contribution in [1.82, 2.24) is 0 Å². The van der Waals surface area contributed by atoms with Gasteiger partial charge in [0.25, 0.3) is 0 Å². The molecule has 94 valence electrons. The number of aliphatic hydroxyl groups excluding tert-OH is 1. The Kier molecular flexibility index (Phi) is 5.37. The molecule has 2 unspecified atom stereocenters. The number of hydrogen-bond acceptors (Lipinski definition) is 3. The maximum atomic E-state index is 10.2. The van der Waals surface area contributed by atoms with Gasteiger partial charge >= 0.3 is 0 Å². The first-order chi connectivity index (χ1) is 8.16. The van der Waals surface area contributed by atoms with Gasteiger partial charge in [0, 0.05) is 22.5 Å². The molecule has 0 amide bonds. The van der Waals surface area contributed by atoms with Crippen LogP contribution in [0.25, 0.3) is 0 Å².